The molecule has 2 rings (SSSR count). The fourth-order valence-corrected chi connectivity index (χ4v) is 2.63. The standard InChI is InChI=1S/C19H30N6.HI/c1-6-8-11-24(5)19(20-7-2)22-14-17-9-10-18(21-13-17)25-16(4)12-15(3)23-25;/h9-10,12-13H,6-8,11,14H2,1-5H3,(H,20,22);1H. The van der Waals surface area contributed by atoms with Crippen LogP contribution in [0.3, 0.4) is 0 Å². The van der Waals surface area contributed by atoms with Gasteiger partial charge in [0.2, 0.25) is 0 Å². The van der Waals surface area contributed by atoms with Crippen LogP contribution in [0.2, 0.25) is 0 Å². The topological polar surface area (TPSA) is 58.3 Å². The Hall–Kier alpha value is -1.64. The van der Waals surface area contributed by atoms with Crippen LogP contribution in [0.4, 0.5) is 0 Å². The number of nitrogens with zero attached hydrogens (tertiary/aromatic N) is 5. The summed E-state index contributed by atoms with van der Waals surface area (Å²) in [6, 6.07) is 6.12. The average Bonchev–Trinajstić information content (AvgIpc) is 2.95. The molecule has 0 bridgehead atoms. The van der Waals surface area contributed by atoms with E-state index in [9.17, 15) is 0 Å². The predicted molar refractivity (Wildman–Crippen MR) is 119 cm³/mol. The molecule has 6 nitrogen and oxygen atoms in total. The van der Waals surface area contributed by atoms with Crippen molar-refractivity contribution in [3.8, 4) is 5.82 Å². The van der Waals surface area contributed by atoms with Crippen molar-refractivity contribution < 1.29 is 0 Å². The number of aliphatic imine (C=N–C) groups is 1. The van der Waals surface area contributed by atoms with E-state index in [0.717, 1.165) is 41.8 Å². The van der Waals surface area contributed by atoms with Gasteiger partial charge in [0, 0.05) is 32.0 Å². The van der Waals surface area contributed by atoms with E-state index in [-0.39, 0.29) is 24.0 Å². The Morgan fingerprint density at radius 1 is 1.27 bits per heavy atom. The molecule has 0 radical (unpaired) electrons. The first-order valence-electron chi connectivity index (χ1n) is 9.03. The molecule has 2 aromatic rings. The summed E-state index contributed by atoms with van der Waals surface area (Å²) >= 11 is 0. The van der Waals surface area contributed by atoms with Crippen molar-refractivity contribution in [2.75, 3.05) is 20.1 Å². The van der Waals surface area contributed by atoms with Crippen molar-refractivity contribution in [1.82, 2.24) is 25.0 Å². The lowest BCUT2D eigenvalue weighted by Gasteiger charge is -2.21. The van der Waals surface area contributed by atoms with Crippen LogP contribution in [0, 0.1) is 13.8 Å². The number of pyridine rings is 1. The number of aryl methyl sites for hydroxylation is 2. The molecule has 0 saturated carbocycles. The second-order valence-electron chi connectivity index (χ2n) is 6.31. The summed E-state index contributed by atoms with van der Waals surface area (Å²) in [7, 11) is 2.08. The molecule has 2 aromatic heterocycles. The van der Waals surface area contributed by atoms with Gasteiger partial charge in [0.1, 0.15) is 0 Å². The van der Waals surface area contributed by atoms with Crippen LogP contribution in [-0.4, -0.2) is 45.8 Å². The van der Waals surface area contributed by atoms with Crippen molar-refractivity contribution >= 4 is 29.9 Å². The number of hydrogen-bond acceptors (Lipinski definition) is 3. The van der Waals surface area contributed by atoms with Crippen molar-refractivity contribution in [2.24, 2.45) is 4.99 Å². The van der Waals surface area contributed by atoms with E-state index in [0.29, 0.717) is 6.54 Å². The fraction of sp³-hybridized carbons (Fsp3) is 0.526. The zero-order chi connectivity index (χ0) is 18.2. The molecular weight excluding hydrogens is 439 g/mol. The molecule has 0 spiro atoms. The number of hydrogen-bond donors (Lipinski definition) is 1. The molecule has 0 atom stereocenters. The van der Waals surface area contributed by atoms with Crippen LogP contribution in [-0.2, 0) is 6.54 Å². The van der Waals surface area contributed by atoms with Crippen LogP contribution in [0.1, 0.15) is 43.6 Å². The molecule has 0 aliphatic carbocycles. The summed E-state index contributed by atoms with van der Waals surface area (Å²) in [5, 5.41) is 7.82. The minimum absolute atomic E-state index is 0. The minimum Gasteiger partial charge on any atom is -0.357 e. The third kappa shape index (κ3) is 6.26. The number of unbranched alkanes of at least 4 members (excludes halogenated alkanes) is 1. The Morgan fingerprint density at radius 3 is 2.58 bits per heavy atom. The number of halogens is 1. The zero-order valence-electron chi connectivity index (χ0n) is 16.5. The summed E-state index contributed by atoms with van der Waals surface area (Å²) in [6.07, 6.45) is 4.23. The van der Waals surface area contributed by atoms with Gasteiger partial charge in [-0.25, -0.2) is 14.7 Å². The van der Waals surface area contributed by atoms with E-state index in [4.69, 9.17) is 4.99 Å². The molecule has 0 aliphatic heterocycles. The Bertz CT molecular complexity index is 693. The number of aromatic nitrogens is 3. The lowest BCUT2D eigenvalue weighted by atomic mass is 10.3. The molecule has 0 aliphatic rings. The first-order valence-corrected chi connectivity index (χ1v) is 9.03. The fourth-order valence-electron chi connectivity index (χ4n) is 2.63. The quantitative estimate of drug-likeness (QED) is 0.381. The van der Waals surface area contributed by atoms with Crippen LogP contribution in [0.25, 0.3) is 5.82 Å². The highest BCUT2D eigenvalue weighted by molar-refractivity contribution is 14.0. The molecule has 0 unspecified atom stereocenters. The second kappa shape index (κ2) is 11.2. The van der Waals surface area contributed by atoms with Gasteiger partial charge in [-0.05, 0) is 44.9 Å². The monoisotopic (exact) mass is 470 g/mol. The maximum Gasteiger partial charge on any atom is 0.193 e. The first kappa shape index (κ1) is 22.4. The SMILES string of the molecule is CCCCN(C)C(=NCc1ccc(-n2nc(C)cc2C)nc1)NCC.I. The Labute approximate surface area is 174 Å². The molecule has 2 heterocycles. The smallest absolute Gasteiger partial charge is 0.193 e. The molecule has 26 heavy (non-hydrogen) atoms. The average molecular weight is 470 g/mol. The van der Waals surface area contributed by atoms with Gasteiger partial charge < -0.3 is 10.2 Å². The highest BCUT2D eigenvalue weighted by atomic mass is 127. The molecule has 144 valence electrons. The van der Waals surface area contributed by atoms with E-state index < -0.39 is 0 Å². The number of rotatable bonds is 7. The Balaban J connectivity index is 0.00000338. The van der Waals surface area contributed by atoms with E-state index >= 15 is 0 Å². The molecule has 7 heteroatoms. The highest BCUT2D eigenvalue weighted by Gasteiger charge is 2.06. The maximum atomic E-state index is 4.73. The van der Waals surface area contributed by atoms with E-state index in [1.165, 1.54) is 12.8 Å². The van der Waals surface area contributed by atoms with Crippen molar-refractivity contribution in [1.29, 1.82) is 0 Å². The molecule has 0 aromatic carbocycles. The molecule has 0 fully saturated rings. The van der Waals surface area contributed by atoms with Crippen molar-refractivity contribution in [2.45, 2.75) is 47.1 Å². The highest BCUT2D eigenvalue weighted by Crippen LogP contribution is 2.11. The summed E-state index contributed by atoms with van der Waals surface area (Å²) in [5.41, 5.74) is 3.17. The number of guanidine groups is 1. The predicted octanol–water partition coefficient (Wildman–Crippen LogP) is 3.70. The lowest BCUT2D eigenvalue weighted by molar-refractivity contribution is 0.465. The molecule has 0 amide bonds. The van der Waals surface area contributed by atoms with Gasteiger partial charge in [0.15, 0.2) is 11.8 Å². The maximum absolute atomic E-state index is 4.73. The van der Waals surface area contributed by atoms with Gasteiger partial charge in [-0.2, -0.15) is 5.10 Å². The Kier molecular flexibility index (Phi) is 9.61. The normalized spacial score (nSPS) is 11.2. The van der Waals surface area contributed by atoms with Crippen LogP contribution >= 0.6 is 24.0 Å². The van der Waals surface area contributed by atoms with E-state index in [1.54, 1.807) is 0 Å². The van der Waals surface area contributed by atoms with Crippen molar-refractivity contribution in [3.63, 3.8) is 0 Å². The Morgan fingerprint density at radius 2 is 2.04 bits per heavy atom. The summed E-state index contributed by atoms with van der Waals surface area (Å²) in [5.74, 6) is 1.78. The zero-order valence-corrected chi connectivity index (χ0v) is 18.8. The summed E-state index contributed by atoms with van der Waals surface area (Å²) in [4.78, 5) is 11.5. The third-order valence-corrected chi connectivity index (χ3v) is 3.99. The van der Waals surface area contributed by atoms with Gasteiger partial charge in [0.25, 0.3) is 0 Å². The van der Waals surface area contributed by atoms with Crippen LogP contribution in [0.15, 0.2) is 29.4 Å². The van der Waals surface area contributed by atoms with Gasteiger partial charge in [-0.3, -0.25) is 0 Å². The van der Waals surface area contributed by atoms with Gasteiger partial charge in [-0.15, -0.1) is 24.0 Å². The third-order valence-electron chi connectivity index (χ3n) is 3.99. The van der Waals surface area contributed by atoms with E-state index in [2.05, 4.69) is 53.3 Å². The molecular formula is C19H31IN6. The van der Waals surface area contributed by atoms with Crippen molar-refractivity contribution in [3.05, 3.63) is 41.3 Å². The van der Waals surface area contributed by atoms with Crippen LogP contribution in [0.5, 0.6) is 0 Å². The number of nitrogens with one attached hydrogen (secondary N) is 1. The molecule has 1 N–H and O–H groups in total. The molecule has 0 saturated heterocycles. The van der Waals surface area contributed by atoms with Gasteiger partial charge in [0.05, 0.1) is 12.2 Å². The summed E-state index contributed by atoms with van der Waals surface area (Å²) < 4.78 is 1.87. The lowest BCUT2D eigenvalue weighted by Crippen LogP contribution is -2.39. The van der Waals surface area contributed by atoms with Gasteiger partial charge in [-0.1, -0.05) is 19.4 Å². The van der Waals surface area contributed by atoms with Crippen LogP contribution < -0.4 is 5.32 Å². The van der Waals surface area contributed by atoms with E-state index in [1.807, 2.05) is 30.8 Å². The largest absolute Gasteiger partial charge is 0.357 e. The van der Waals surface area contributed by atoms with Gasteiger partial charge >= 0.3 is 0 Å². The first-order chi connectivity index (χ1) is 12.0. The minimum atomic E-state index is 0. The second-order valence-corrected chi connectivity index (χ2v) is 6.31. The summed E-state index contributed by atoms with van der Waals surface area (Å²) in [6.45, 7) is 10.8.